The zero-order chi connectivity index (χ0) is 32.2. The molecule has 45 heavy (non-hydrogen) atoms. The Hall–Kier alpha value is -4.34. The molecule has 0 aliphatic carbocycles. The van der Waals surface area contributed by atoms with E-state index in [1.165, 1.54) is 24.1 Å². The first-order valence-electron chi connectivity index (χ1n) is 14.8. The van der Waals surface area contributed by atoms with Crippen LogP contribution in [0.2, 0.25) is 5.02 Å². The zero-order valence-corrected chi connectivity index (χ0v) is 27.0. The van der Waals surface area contributed by atoms with Crippen LogP contribution in [0.1, 0.15) is 30.9 Å². The van der Waals surface area contributed by atoms with Gasteiger partial charge in [-0.1, -0.05) is 91.7 Å². The highest BCUT2D eigenvalue weighted by Gasteiger charge is 2.34. The summed E-state index contributed by atoms with van der Waals surface area (Å²) in [4.78, 5) is 29.8. The average Bonchev–Trinajstić information content (AvgIpc) is 3.07. The van der Waals surface area contributed by atoms with Crippen molar-refractivity contribution in [3.05, 3.63) is 125 Å². The van der Waals surface area contributed by atoms with Crippen molar-refractivity contribution >= 4 is 39.1 Å². The molecule has 4 rings (SSSR count). The summed E-state index contributed by atoms with van der Waals surface area (Å²) in [5.41, 5.74) is 1.76. The number of rotatable bonds is 15. The SMILES string of the molecule is CCCCNC(=O)[C@@H](Cc1ccccc1)N(Cc1ccccc1Cl)C(=O)CN(c1ccc(OC)cc1)S(=O)(=O)c1ccccc1. The number of hydrogen-bond acceptors (Lipinski definition) is 5. The van der Waals surface area contributed by atoms with Gasteiger partial charge >= 0.3 is 0 Å². The van der Waals surface area contributed by atoms with Crippen molar-refractivity contribution in [3.63, 3.8) is 0 Å². The Bertz CT molecular complexity index is 1650. The number of anilines is 1. The van der Waals surface area contributed by atoms with Crippen LogP contribution >= 0.6 is 11.6 Å². The fourth-order valence-electron chi connectivity index (χ4n) is 4.87. The van der Waals surface area contributed by atoms with Gasteiger partial charge in [0.1, 0.15) is 18.3 Å². The summed E-state index contributed by atoms with van der Waals surface area (Å²) in [7, 11) is -2.67. The third kappa shape index (κ3) is 8.86. The van der Waals surface area contributed by atoms with Crippen molar-refractivity contribution in [2.45, 2.75) is 43.7 Å². The minimum Gasteiger partial charge on any atom is -0.497 e. The van der Waals surface area contributed by atoms with E-state index in [0.717, 1.165) is 22.7 Å². The molecule has 0 unspecified atom stereocenters. The highest BCUT2D eigenvalue weighted by molar-refractivity contribution is 7.92. The van der Waals surface area contributed by atoms with Crippen molar-refractivity contribution in [3.8, 4) is 5.75 Å². The number of methoxy groups -OCH3 is 1. The normalized spacial score (nSPS) is 11.8. The average molecular weight is 648 g/mol. The molecule has 2 amide bonds. The second kappa shape index (κ2) is 16.1. The first-order valence-corrected chi connectivity index (χ1v) is 16.6. The Balaban J connectivity index is 1.79. The van der Waals surface area contributed by atoms with Crippen LogP contribution in [-0.4, -0.2) is 51.4 Å². The molecule has 4 aromatic rings. The molecule has 0 radical (unpaired) electrons. The first-order chi connectivity index (χ1) is 21.7. The number of halogens is 1. The maximum atomic E-state index is 14.5. The number of nitrogens with zero attached hydrogens (tertiary/aromatic N) is 2. The summed E-state index contributed by atoms with van der Waals surface area (Å²) in [5, 5.41) is 3.42. The maximum absolute atomic E-state index is 14.5. The maximum Gasteiger partial charge on any atom is 0.264 e. The van der Waals surface area contributed by atoms with E-state index >= 15 is 0 Å². The highest BCUT2D eigenvalue weighted by Crippen LogP contribution is 2.27. The monoisotopic (exact) mass is 647 g/mol. The van der Waals surface area contributed by atoms with Gasteiger partial charge < -0.3 is 15.0 Å². The molecule has 10 heteroatoms. The molecule has 0 saturated heterocycles. The predicted octanol–water partition coefficient (Wildman–Crippen LogP) is 6.10. The molecule has 0 fully saturated rings. The van der Waals surface area contributed by atoms with Crippen molar-refractivity contribution in [1.82, 2.24) is 10.2 Å². The molecule has 1 N–H and O–H groups in total. The van der Waals surface area contributed by atoms with Gasteiger partial charge in [0.2, 0.25) is 11.8 Å². The van der Waals surface area contributed by atoms with E-state index in [9.17, 15) is 18.0 Å². The summed E-state index contributed by atoms with van der Waals surface area (Å²) in [6.07, 6.45) is 1.89. The minimum atomic E-state index is -4.19. The number of carbonyl (C=O) groups is 2. The minimum absolute atomic E-state index is 0.000951. The van der Waals surface area contributed by atoms with E-state index in [1.807, 2.05) is 37.3 Å². The predicted molar refractivity (Wildman–Crippen MR) is 178 cm³/mol. The third-order valence-electron chi connectivity index (χ3n) is 7.37. The topological polar surface area (TPSA) is 96.0 Å². The molecular weight excluding hydrogens is 610 g/mol. The van der Waals surface area contributed by atoms with Crippen molar-refractivity contribution in [1.29, 1.82) is 0 Å². The second-order valence-corrected chi connectivity index (χ2v) is 12.8. The number of nitrogens with one attached hydrogen (secondary N) is 1. The van der Waals surface area contributed by atoms with Gasteiger partial charge in [0, 0.05) is 24.5 Å². The number of ether oxygens (including phenoxy) is 1. The summed E-state index contributed by atoms with van der Waals surface area (Å²) >= 11 is 6.55. The Morgan fingerprint density at radius 3 is 2.11 bits per heavy atom. The lowest BCUT2D eigenvalue weighted by Crippen LogP contribution is -2.53. The van der Waals surface area contributed by atoms with Crippen LogP contribution < -0.4 is 14.4 Å². The van der Waals surface area contributed by atoms with Gasteiger partial charge in [-0.3, -0.25) is 13.9 Å². The van der Waals surface area contributed by atoms with Crippen LogP contribution in [0.3, 0.4) is 0 Å². The van der Waals surface area contributed by atoms with Crippen LogP contribution in [0.25, 0.3) is 0 Å². The van der Waals surface area contributed by atoms with E-state index < -0.39 is 28.5 Å². The van der Waals surface area contributed by atoms with E-state index in [-0.39, 0.29) is 29.5 Å². The molecule has 0 saturated carbocycles. The zero-order valence-electron chi connectivity index (χ0n) is 25.4. The number of amides is 2. The van der Waals surface area contributed by atoms with Gasteiger partial charge in [-0.2, -0.15) is 0 Å². The number of benzene rings is 4. The van der Waals surface area contributed by atoms with Gasteiger partial charge in [0.15, 0.2) is 0 Å². The van der Waals surface area contributed by atoms with Crippen molar-refractivity contribution in [2.75, 3.05) is 24.5 Å². The number of hydrogen-bond donors (Lipinski definition) is 1. The van der Waals surface area contributed by atoms with Crippen molar-refractivity contribution < 1.29 is 22.7 Å². The second-order valence-electron chi connectivity index (χ2n) is 10.5. The highest BCUT2D eigenvalue weighted by atomic mass is 35.5. The molecule has 0 aliphatic rings. The van der Waals surface area contributed by atoms with Gasteiger partial charge in [-0.25, -0.2) is 8.42 Å². The summed E-state index contributed by atoms with van der Waals surface area (Å²) in [5.74, 6) is -0.347. The lowest BCUT2D eigenvalue weighted by atomic mass is 10.0. The molecule has 0 spiro atoms. The molecule has 236 valence electrons. The van der Waals surface area contributed by atoms with Crippen LogP contribution in [0.5, 0.6) is 5.75 Å². The Labute approximate surface area is 270 Å². The molecule has 0 aliphatic heterocycles. The van der Waals surface area contributed by atoms with Gasteiger partial charge in [0.25, 0.3) is 10.0 Å². The number of sulfonamides is 1. The standard InChI is InChI=1S/C35H38ClN3O5S/c1-3-4-23-37-35(41)33(24-27-13-7-5-8-14-27)38(25-28-15-11-12-18-32(28)36)34(40)26-39(29-19-21-30(44-2)22-20-29)45(42,43)31-16-9-6-10-17-31/h5-22,33H,3-4,23-26H2,1-2H3,(H,37,41)/t33-/m1/s1. The number of carbonyl (C=O) groups excluding carboxylic acids is 2. The fraction of sp³-hybridized carbons (Fsp3) is 0.257. The lowest BCUT2D eigenvalue weighted by molar-refractivity contribution is -0.140. The fourth-order valence-corrected chi connectivity index (χ4v) is 6.50. The summed E-state index contributed by atoms with van der Waals surface area (Å²) < 4.78 is 34.4. The molecular formula is C35H38ClN3O5S. The smallest absolute Gasteiger partial charge is 0.264 e. The third-order valence-corrected chi connectivity index (χ3v) is 9.53. The van der Waals surface area contributed by atoms with Crippen LogP contribution in [0, 0.1) is 0 Å². The molecule has 8 nitrogen and oxygen atoms in total. The molecule has 0 bridgehead atoms. The number of unbranched alkanes of at least 4 members (excludes halogenated alkanes) is 1. The van der Waals surface area contributed by atoms with Gasteiger partial charge in [-0.05, 0) is 60.0 Å². The molecule has 4 aromatic carbocycles. The quantitative estimate of drug-likeness (QED) is 0.157. The van der Waals surface area contributed by atoms with Gasteiger partial charge in [-0.15, -0.1) is 0 Å². The summed E-state index contributed by atoms with van der Waals surface area (Å²) in [6.45, 7) is 1.93. The van der Waals surface area contributed by atoms with E-state index in [4.69, 9.17) is 16.3 Å². The van der Waals surface area contributed by atoms with E-state index in [0.29, 0.717) is 22.9 Å². The summed E-state index contributed by atoms with van der Waals surface area (Å²) in [6, 6.07) is 30.0. The molecule has 0 heterocycles. The molecule has 0 aromatic heterocycles. The van der Waals surface area contributed by atoms with Crippen LogP contribution in [0.4, 0.5) is 5.69 Å². The van der Waals surface area contributed by atoms with Crippen molar-refractivity contribution in [2.24, 2.45) is 0 Å². The van der Waals surface area contributed by atoms with E-state index in [2.05, 4.69) is 5.32 Å². The lowest BCUT2D eigenvalue weighted by Gasteiger charge is -2.34. The Morgan fingerprint density at radius 1 is 0.867 bits per heavy atom. The Kier molecular flexibility index (Phi) is 12.0. The Morgan fingerprint density at radius 2 is 1.49 bits per heavy atom. The largest absolute Gasteiger partial charge is 0.497 e. The first kappa shape index (κ1) is 33.6. The van der Waals surface area contributed by atoms with E-state index in [1.54, 1.807) is 66.7 Å². The van der Waals surface area contributed by atoms with Gasteiger partial charge in [0.05, 0.1) is 17.7 Å². The van der Waals surface area contributed by atoms with Crippen LogP contribution in [0.15, 0.2) is 114 Å². The molecule has 1 atom stereocenters. The van der Waals surface area contributed by atoms with Crippen LogP contribution in [-0.2, 0) is 32.6 Å².